The van der Waals surface area contributed by atoms with Gasteiger partial charge in [0, 0.05) is 35.6 Å². The third kappa shape index (κ3) is 4.09. The van der Waals surface area contributed by atoms with Crippen LogP contribution in [0.5, 0.6) is 0 Å². The van der Waals surface area contributed by atoms with E-state index in [4.69, 9.17) is 28.3 Å². The predicted molar refractivity (Wildman–Crippen MR) is 90.3 cm³/mol. The van der Waals surface area contributed by atoms with Crippen LogP contribution in [0.1, 0.15) is 31.2 Å². The van der Waals surface area contributed by atoms with Gasteiger partial charge in [0.2, 0.25) is 0 Å². The molecule has 0 spiro atoms. The molecule has 0 atom stereocenters. The minimum absolute atomic E-state index is 0.0780. The summed E-state index contributed by atoms with van der Waals surface area (Å²) >= 11 is 12.6. The average molecular weight is 359 g/mol. The van der Waals surface area contributed by atoms with Crippen LogP contribution in [-0.2, 0) is 10.2 Å². The number of nitrogens with one attached hydrogen (secondary N) is 1. The Balaban J connectivity index is 2.03. The Kier molecular flexibility index (Phi) is 5.76. The fourth-order valence-corrected chi connectivity index (χ4v) is 3.67. The largest absolute Gasteiger partial charge is 0.481 e. The van der Waals surface area contributed by atoms with Gasteiger partial charge in [-0.2, -0.15) is 0 Å². The van der Waals surface area contributed by atoms with E-state index in [1.165, 1.54) is 4.90 Å². The van der Waals surface area contributed by atoms with Crippen LogP contribution in [0.2, 0.25) is 10.0 Å². The van der Waals surface area contributed by atoms with Gasteiger partial charge in [0.1, 0.15) is 0 Å². The number of rotatable bonds is 6. The van der Waals surface area contributed by atoms with Crippen molar-refractivity contribution in [2.24, 2.45) is 0 Å². The fraction of sp³-hybridized carbons (Fsp3) is 0.500. The molecule has 1 aromatic carbocycles. The van der Waals surface area contributed by atoms with Crippen molar-refractivity contribution in [3.63, 3.8) is 0 Å². The van der Waals surface area contributed by atoms with E-state index in [1.807, 2.05) is 12.1 Å². The van der Waals surface area contributed by atoms with E-state index in [9.17, 15) is 9.59 Å². The molecule has 126 valence electrons. The predicted octanol–water partition coefficient (Wildman–Crippen LogP) is 3.53. The third-order valence-electron chi connectivity index (χ3n) is 4.39. The van der Waals surface area contributed by atoms with Gasteiger partial charge in [0.05, 0.1) is 6.42 Å². The first-order valence-electron chi connectivity index (χ1n) is 7.51. The van der Waals surface area contributed by atoms with Gasteiger partial charge in [-0.3, -0.25) is 4.79 Å². The molecule has 2 amide bonds. The van der Waals surface area contributed by atoms with E-state index < -0.39 is 5.97 Å². The lowest BCUT2D eigenvalue weighted by Gasteiger charge is -2.43. The monoisotopic (exact) mass is 358 g/mol. The van der Waals surface area contributed by atoms with Crippen LogP contribution in [-0.4, -0.2) is 42.1 Å². The molecule has 1 fully saturated rings. The topological polar surface area (TPSA) is 69.6 Å². The van der Waals surface area contributed by atoms with Gasteiger partial charge in [-0.1, -0.05) is 35.7 Å². The van der Waals surface area contributed by atoms with Gasteiger partial charge < -0.3 is 15.3 Å². The number of carbonyl (C=O) groups excluding carboxylic acids is 1. The van der Waals surface area contributed by atoms with E-state index in [0.29, 0.717) is 16.6 Å². The van der Waals surface area contributed by atoms with Crippen molar-refractivity contribution < 1.29 is 14.7 Å². The Bertz CT molecular complexity index is 583. The van der Waals surface area contributed by atoms with Crippen LogP contribution in [0.4, 0.5) is 4.79 Å². The van der Waals surface area contributed by atoms with Crippen molar-refractivity contribution in [3.05, 3.63) is 33.8 Å². The number of hydrogen-bond acceptors (Lipinski definition) is 2. The lowest BCUT2D eigenvalue weighted by atomic mass is 9.64. The van der Waals surface area contributed by atoms with Crippen molar-refractivity contribution in [2.75, 3.05) is 20.1 Å². The van der Waals surface area contributed by atoms with Crippen molar-refractivity contribution in [1.82, 2.24) is 10.2 Å². The van der Waals surface area contributed by atoms with Crippen molar-refractivity contribution in [3.8, 4) is 0 Å². The molecule has 0 aromatic heterocycles. The molecule has 1 saturated carbocycles. The minimum atomic E-state index is -0.928. The zero-order valence-corrected chi connectivity index (χ0v) is 14.5. The van der Waals surface area contributed by atoms with E-state index >= 15 is 0 Å². The number of carboxylic acid groups (broad SMARTS) is 1. The molecule has 0 heterocycles. The third-order valence-corrected chi connectivity index (χ3v) is 5.02. The molecule has 5 nitrogen and oxygen atoms in total. The molecular weight excluding hydrogens is 339 g/mol. The molecule has 2 N–H and O–H groups in total. The standard InChI is InChI=1S/C16H20Cl2N2O3/c1-20(9-6-13(21)22)15(23)19-10-16(7-3-8-16)14-11(17)4-2-5-12(14)18/h2,4-5H,3,6-10H2,1H3,(H,19,23)(H,21,22). The van der Waals surface area contributed by atoms with Gasteiger partial charge in [0.25, 0.3) is 0 Å². The van der Waals surface area contributed by atoms with Crippen LogP contribution < -0.4 is 5.32 Å². The summed E-state index contributed by atoms with van der Waals surface area (Å²) in [5.41, 5.74) is 0.654. The number of hydrogen-bond donors (Lipinski definition) is 2. The highest BCUT2D eigenvalue weighted by Crippen LogP contribution is 2.48. The highest BCUT2D eigenvalue weighted by Gasteiger charge is 2.41. The lowest BCUT2D eigenvalue weighted by molar-refractivity contribution is -0.137. The second-order valence-corrected chi connectivity index (χ2v) is 6.77. The zero-order valence-electron chi connectivity index (χ0n) is 12.9. The fourth-order valence-electron chi connectivity index (χ4n) is 2.87. The molecular formula is C16H20Cl2N2O3. The van der Waals surface area contributed by atoms with Crippen LogP contribution >= 0.6 is 23.2 Å². The van der Waals surface area contributed by atoms with Crippen LogP contribution in [0.15, 0.2) is 18.2 Å². The molecule has 1 aromatic rings. The Morgan fingerprint density at radius 1 is 1.30 bits per heavy atom. The second-order valence-electron chi connectivity index (χ2n) is 5.95. The molecule has 7 heteroatoms. The van der Waals surface area contributed by atoms with E-state index in [1.54, 1.807) is 13.1 Å². The first kappa shape index (κ1) is 17.9. The number of aliphatic carboxylic acids is 1. The number of benzene rings is 1. The number of urea groups is 1. The normalized spacial score (nSPS) is 15.6. The van der Waals surface area contributed by atoms with Crippen molar-refractivity contribution in [2.45, 2.75) is 31.1 Å². The summed E-state index contributed by atoms with van der Waals surface area (Å²) in [6, 6.07) is 5.13. The Hall–Kier alpha value is -1.46. The maximum Gasteiger partial charge on any atom is 0.317 e. The molecule has 0 saturated heterocycles. The lowest BCUT2D eigenvalue weighted by Crippen LogP contribution is -2.49. The quantitative estimate of drug-likeness (QED) is 0.816. The molecule has 0 bridgehead atoms. The average Bonchev–Trinajstić information content (AvgIpc) is 2.45. The highest BCUT2D eigenvalue weighted by molar-refractivity contribution is 6.36. The molecule has 1 aliphatic rings. The number of carbonyl (C=O) groups is 2. The first-order chi connectivity index (χ1) is 10.9. The Morgan fingerprint density at radius 2 is 1.91 bits per heavy atom. The van der Waals surface area contributed by atoms with Crippen LogP contribution in [0.25, 0.3) is 0 Å². The van der Waals surface area contributed by atoms with Crippen molar-refractivity contribution >= 4 is 35.2 Å². The summed E-state index contributed by atoms with van der Waals surface area (Å²) in [6.07, 6.45) is 2.81. The van der Waals surface area contributed by atoms with Crippen LogP contribution in [0, 0.1) is 0 Å². The minimum Gasteiger partial charge on any atom is -0.481 e. The number of nitrogens with zero attached hydrogens (tertiary/aromatic N) is 1. The van der Waals surface area contributed by atoms with Gasteiger partial charge in [-0.25, -0.2) is 4.79 Å². The molecule has 0 aliphatic heterocycles. The van der Waals surface area contributed by atoms with E-state index in [0.717, 1.165) is 24.8 Å². The maximum absolute atomic E-state index is 12.1. The van der Waals surface area contributed by atoms with Gasteiger partial charge in [0.15, 0.2) is 0 Å². The first-order valence-corrected chi connectivity index (χ1v) is 8.26. The molecule has 23 heavy (non-hydrogen) atoms. The summed E-state index contributed by atoms with van der Waals surface area (Å²) in [7, 11) is 1.58. The highest BCUT2D eigenvalue weighted by atomic mass is 35.5. The maximum atomic E-state index is 12.1. The van der Waals surface area contributed by atoms with E-state index in [2.05, 4.69) is 5.32 Å². The molecule has 0 radical (unpaired) electrons. The smallest absolute Gasteiger partial charge is 0.317 e. The van der Waals surface area contributed by atoms with Gasteiger partial charge in [-0.15, -0.1) is 0 Å². The Morgan fingerprint density at radius 3 is 2.39 bits per heavy atom. The van der Waals surface area contributed by atoms with Gasteiger partial charge in [-0.05, 0) is 30.5 Å². The summed E-state index contributed by atoms with van der Waals surface area (Å²) in [4.78, 5) is 24.0. The Labute approximate surface area is 145 Å². The van der Waals surface area contributed by atoms with Crippen LogP contribution in [0.3, 0.4) is 0 Å². The summed E-state index contributed by atoms with van der Waals surface area (Å²) in [6.45, 7) is 0.605. The number of halogens is 2. The summed E-state index contributed by atoms with van der Waals surface area (Å²) < 4.78 is 0. The SMILES string of the molecule is CN(CCC(=O)O)C(=O)NCC1(c2c(Cl)cccc2Cl)CCC1. The molecule has 0 unspecified atom stereocenters. The van der Waals surface area contributed by atoms with Crippen molar-refractivity contribution in [1.29, 1.82) is 0 Å². The summed E-state index contributed by atoms with van der Waals surface area (Å²) in [5, 5.41) is 12.8. The number of amides is 2. The molecule has 1 aliphatic carbocycles. The van der Waals surface area contributed by atoms with E-state index in [-0.39, 0.29) is 24.4 Å². The molecule has 2 rings (SSSR count). The number of carboxylic acids is 1. The second kappa shape index (κ2) is 7.41. The van der Waals surface area contributed by atoms with Gasteiger partial charge >= 0.3 is 12.0 Å². The zero-order chi connectivity index (χ0) is 17.0. The summed E-state index contributed by atoms with van der Waals surface area (Å²) in [5.74, 6) is -0.928.